The molecule has 1 aliphatic heterocycles. The largest absolute Gasteiger partial charge is 0.381 e. The van der Waals surface area contributed by atoms with Crippen LogP contribution in [0.3, 0.4) is 0 Å². The fraction of sp³-hybridized carbons (Fsp3) is 0.500. The van der Waals surface area contributed by atoms with E-state index in [4.69, 9.17) is 4.74 Å². The minimum Gasteiger partial charge on any atom is -0.381 e. The van der Waals surface area contributed by atoms with E-state index in [-0.39, 0.29) is 10.6 Å². The summed E-state index contributed by atoms with van der Waals surface area (Å²) in [5.74, 6) is 1.83. The molecule has 4 rings (SSSR count). The monoisotopic (exact) mass is 473 g/mol. The summed E-state index contributed by atoms with van der Waals surface area (Å²) in [7, 11) is -3.97. The normalized spacial score (nSPS) is 21.6. The van der Waals surface area contributed by atoms with Crippen molar-refractivity contribution in [2.24, 2.45) is 23.7 Å². The molecular weight excluding hydrogens is 442 g/mol. The quantitative estimate of drug-likeness (QED) is 0.407. The summed E-state index contributed by atoms with van der Waals surface area (Å²) in [6.07, 6.45) is 0.850. The number of nitrogens with zero attached hydrogens (tertiary/aromatic N) is 2. The highest BCUT2D eigenvalue weighted by Gasteiger charge is 2.54. The van der Waals surface area contributed by atoms with Gasteiger partial charge in [-0.05, 0) is 59.9 Å². The third kappa shape index (κ3) is 5.14. The van der Waals surface area contributed by atoms with Crippen molar-refractivity contribution in [1.29, 1.82) is 0 Å². The molecule has 8 nitrogen and oxygen atoms in total. The Morgan fingerprint density at radius 1 is 1.15 bits per heavy atom. The van der Waals surface area contributed by atoms with Crippen LogP contribution in [0.15, 0.2) is 47.4 Å². The molecule has 2 aliphatic rings. The van der Waals surface area contributed by atoms with E-state index in [0.29, 0.717) is 48.1 Å². The highest BCUT2D eigenvalue weighted by atomic mass is 32.2. The zero-order valence-corrected chi connectivity index (χ0v) is 20.0. The van der Waals surface area contributed by atoms with E-state index in [1.165, 1.54) is 12.1 Å². The number of benzene rings is 2. The van der Waals surface area contributed by atoms with Crippen molar-refractivity contribution >= 4 is 27.1 Å². The second-order valence-electron chi connectivity index (χ2n) is 9.39. The maximum atomic E-state index is 12.9. The van der Waals surface area contributed by atoms with Gasteiger partial charge < -0.3 is 9.64 Å². The van der Waals surface area contributed by atoms with Gasteiger partial charge in [0, 0.05) is 24.8 Å². The van der Waals surface area contributed by atoms with Gasteiger partial charge in [0.2, 0.25) is 0 Å². The van der Waals surface area contributed by atoms with Crippen molar-refractivity contribution in [2.45, 2.75) is 32.1 Å². The van der Waals surface area contributed by atoms with Gasteiger partial charge in [-0.2, -0.15) is 0 Å². The van der Waals surface area contributed by atoms with Gasteiger partial charge in [0.05, 0.1) is 23.0 Å². The fourth-order valence-corrected chi connectivity index (χ4v) is 5.78. The highest BCUT2D eigenvalue weighted by Crippen LogP contribution is 2.51. The molecule has 1 heterocycles. The predicted octanol–water partition coefficient (Wildman–Crippen LogP) is 4.31. The molecule has 178 valence electrons. The number of ether oxygens (including phenoxy) is 1. The lowest BCUT2D eigenvalue weighted by Crippen LogP contribution is -2.31. The molecule has 0 aromatic heterocycles. The van der Waals surface area contributed by atoms with Gasteiger partial charge in [-0.3, -0.25) is 14.8 Å². The van der Waals surface area contributed by atoms with Gasteiger partial charge in [-0.15, -0.1) is 0 Å². The van der Waals surface area contributed by atoms with E-state index in [1.54, 1.807) is 18.2 Å². The van der Waals surface area contributed by atoms with E-state index in [2.05, 4.69) is 18.6 Å². The SMILES string of the molecule is CCc1ccc(NS(=O)(=O)c2ccc(N(CC(C)C)CC3C4COCC43)c([N+](=O)[O-])c2)cc1. The van der Waals surface area contributed by atoms with E-state index < -0.39 is 14.9 Å². The van der Waals surface area contributed by atoms with Crippen molar-refractivity contribution < 1.29 is 18.1 Å². The Labute approximate surface area is 195 Å². The first kappa shape index (κ1) is 23.5. The molecule has 0 radical (unpaired) electrons. The first-order chi connectivity index (χ1) is 15.7. The zero-order valence-electron chi connectivity index (χ0n) is 19.2. The van der Waals surface area contributed by atoms with Crippen LogP contribution in [-0.2, 0) is 21.2 Å². The molecule has 1 N–H and O–H groups in total. The second kappa shape index (κ2) is 9.30. The molecule has 2 aromatic rings. The smallest absolute Gasteiger partial charge is 0.293 e. The molecule has 1 saturated heterocycles. The number of nitrogens with one attached hydrogen (secondary N) is 1. The number of hydrogen-bond donors (Lipinski definition) is 1. The van der Waals surface area contributed by atoms with Crippen LogP contribution in [0, 0.1) is 33.8 Å². The first-order valence-corrected chi connectivity index (χ1v) is 12.9. The van der Waals surface area contributed by atoms with Crippen LogP contribution in [0.25, 0.3) is 0 Å². The van der Waals surface area contributed by atoms with Crippen LogP contribution < -0.4 is 9.62 Å². The average molecular weight is 474 g/mol. The lowest BCUT2D eigenvalue weighted by molar-refractivity contribution is -0.384. The minimum atomic E-state index is -3.97. The molecule has 2 atom stereocenters. The third-order valence-corrected chi connectivity index (χ3v) is 7.93. The maximum absolute atomic E-state index is 12.9. The van der Waals surface area contributed by atoms with Crippen LogP contribution in [0.2, 0.25) is 0 Å². The standard InChI is InChI=1S/C24H31N3O5S/c1-4-17-5-7-18(8-6-17)25-33(30,31)19-9-10-23(24(11-19)27(28)29)26(12-16(2)3)13-20-21-14-32-15-22(20)21/h5-11,16,20-22,25H,4,12-15H2,1-3H3. The predicted molar refractivity (Wildman–Crippen MR) is 128 cm³/mol. The summed E-state index contributed by atoms with van der Waals surface area (Å²) in [4.78, 5) is 13.4. The summed E-state index contributed by atoms with van der Waals surface area (Å²) >= 11 is 0. The van der Waals surface area contributed by atoms with Crippen molar-refractivity contribution in [3.8, 4) is 0 Å². The number of sulfonamides is 1. The zero-order chi connectivity index (χ0) is 23.8. The Bertz CT molecular complexity index is 1110. The Hall–Kier alpha value is -2.65. The number of anilines is 2. The van der Waals surface area contributed by atoms with Crippen molar-refractivity contribution in [3.63, 3.8) is 0 Å². The molecule has 9 heteroatoms. The second-order valence-corrected chi connectivity index (χ2v) is 11.1. The molecule has 2 unspecified atom stereocenters. The van der Waals surface area contributed by atoms with E-state index in [9.17, 15) is 18.5 Å². The molecule has 1 aliphatic carbocycles. The Balaban J connectivity index is 1.60. The third-order valence-electron chi connectivity index (χ3n) is 6.56. The number of nitro benzene ring substituents is 1. The fourth-order valence-electron chi connectivity index (χ4n) is 4.70. The van der Waals surface area contributed by atoms with E-state index in [1.807, 2.05) is 24.0 Å². The number of nitro groups is 1. The summed E-state index contributed by atoms with van der Waals surface area (Å²) < 4.78 is 33.9. The summed E-state index contributed by atoms with van der Waals surface area (Å²) in [6.45, 7) is 9.05. The topological polar surface area (TPSA) is 102 Å². The van der Waals surface area contributed by atoms with Gasteiger partial charge in [-0.1, -0.05) is 32.9 Å². The highest BCUT2D eigenvalue weighted by molar-refractivity contribution is 7.92. The first-order valence-electron chi connectivity index (χ1n) is 11.4. The van der Waals surface area contributed by atoms with Gasteiger partial charge in [0.15, 0.2) is 0 Å². The lowest BCUT2D eigenvalue weighted by Gasteiger charge is -2.27. The molecule has 0 bridgehead atoms. The van der Waals surface area contributed by atoms with Crippen molar-refractivity contribution in [3.05, 3.63) is 58.1 Å². The van der Waals surface area contributed by atoms with Crippen LogP contribution >= 0.6 is 0 Å². The van der Waals surface area contributed by atoms with Crippen molar-refractivity contribution in [2.75, 3.05) is 35.9 Å². The average Bonchev–Trinajstić information content (AvgIpc) is 3.17. The molecule has 2 aromatic carbocycles. The lowest BCUT2D eigenvalue weighted by atomic mass is 10.1. The van der Waals surface area contributed by atoms with E-state index in [0.717, 1.165) is 25.2 Å². The Morgan fingerprint density at radius 2 is 1.82 bits per heavy atom. The summed E-state index contributed by atoms with van der Waals surface area (Å²) in [5, 5.41) is 12.0. The molecule has 1 saturated carbocycles. The Morgan fingerprint density at radius 3 is 2.39 bits per heavy atom. The van der Waals surface area contributed by atoms with Crippen LogP contribution in [0.4, 0.5) is 17.1 Å². The molecule has 0 spiro atoms. The molecule has 0 amide bonds. The van der Waals surface area contributed by atoms with E-state index >= 15 is 0 Å². The van der Waals surface area contributed by atoms with Gasteiger partial charge >= 0.3 is 0 Å². The number of hydrogen-bond acceptors (Lipinski definition) is 6. The van der Waals surface area contributed by atoms with Gasteiger partial charge in [0.1, 0.15) is 5.69 Å². The number of aryl methyl sites for hydroxylation is 1. The molecule has 2 fully saturated rings. The van der Waals surface area contributed by atoms with Crippen LogP contribution in [-0.4, -0.2) is 39.6 Å². The van der Waals surface area contributed by atoms with Crippen LogP contribution in [0.5, 0.6) is 0 Å². The number of fused-ring (bicyclic) bond motifs is 1. The minimum absolute atomic E-state index is 0.126. The summed E-state index contributed by atoms with van der Waals surface area (Å²) in [5.41, 5.74) is 1.78. The molecule has 33 heavy (non-hydrogen) atoms. The van der Waals surface area contributed by atoms with Gasteiger partial charge in [-0.25, -0.2) is 8.42 Å². The Kier molecular flexibility index (Phi) is 6.63. The van der Waals surface area contributed by atoms with Gasteiger partial charge in [0.25, 0.3) is 15.7 Å². The summed E-state index contributed by atoms with van der Waals surface area (Å²) in [6, 6.07) is 11.3. The van der Waals surface area contributed by atoms with Crippen molar-refractivity contribution in [1.82, 2.24) is 0 Å². The molecular formula is C24H31N3O5S. The maximum Gasteiger partial charge on any atom is 0.293 e. The van der Waals surface area contributed by atoms with Crippen LogP contribution in [0.1, 0.15) is 26.3 Å². The number of rotatable bonds is 10.